The molecule has 16 heavy (non-hydrogen) atoms. The lowest BCUT2D eigenvalue weighted by Gasteiger charge is -2.17. The van der Waals surface area contributed by atoms with E-state index < -0.39 is 0 Å². The quantitative estimate of drug-likeness (QED) is 0.730. The van der Waals surface area contributed by atoms with Gasteiger partial charge in [-0.25, -0.2) is 0 Å². The molecule has 0 N–H and O–H groups in total. The average Bonchev–Trinajstić information content (AvgIpc) is 2.59. The number of hydrogen-bond donors (Lipinski definition) is 0. The molecular weight excluding hydrogens is 202 g/mol. The van der Waals surface area contributed by atoms with Crippen LogP contribution in [0, 0.1) is 6.92 Å². The predicted octanol–water partition coefficient (Wildman–Crippen LogP) is 1.45. The van der Waals surface area contributed by atoms with E-state index in [2.05, 4.69) is 21.9 Å². The second kappa shape index (κ2) is 3.92. The first-order valence-electron chi connectivity index (χ1n) is 5.12. The van der Waals surface area contributed by atoms with Crippen molar-refractivity contribution in [3.63, 3.8) is 0 Å². The third-order valence-corrected chi connectivity index (χ3v) is 2.30. The molecule has 0 aliphatic rings. The van der Waals surface area contributed by atoms with Crippen LogP contribution in [0.3, 0.4) is 0 Å². The molecule has 0 aromatic carbocycles. The fourth-order valence-electron chi connectivity index (χ4n) is 1.58. The minimum absolute atomic E-state index is 0.768. The molecule has 0 saturated heterocycles. The minimum Gasteiger partial charge on any atom is -0.354 e. The van der Waals surface area contributed by atoms with Gasteiger partial charge in [-0.05, 0) is 26.0 Å². The molecule has 0 fully saturated rings. The summed E-state index contributed by atoms with van der Waals surface area (Å²) in [5.74, 6) is 1.68. The molecule has 2 heterocycles. The van der Waals surface area contributed by atoms with Crippen molar-refractivity contribution in [3.05, 3.63) is 30.1 Å². The molecule has 2 aromatic heterocycles. The van der Waals surface area contributed by atoms with Crippen LogP contribution in [0.5, 0.6) is 0 Å². The van der Waals surface area contributed by atoms with Crippen molar-refractivity contribution in [1.29, 1.82) is 0 Å². The number of rotatable bonds is 3. The van der Waals surface area contributed by atoms with Gasteiger partial charge in [-0.3, -0.25) is 0 Å². The van der Waals surface area contributed by atoms with Crippen molar-refractivity contribution >= 4 is 11.5 Å². The van der Waals surface area contributed by atoms with Gasteiger partial charge in [0, 0.05) is 13.6 Å². The highest BCUT2D eigenvalue weighted by Gasteiger charge is 2.06. The smallest absolute Gasteiger partial charge is 0.178 e. The van der Waals surface area contributed by atoms with Crippen molar-refractivity contribution in [2.45, 2.75) is 13.8 Å². The molecule has 5 nitrogen and oxygen atoms in total. The molecule has 0 aliphatic heterocycles. The molecule has 0 spiro atoms. The van der Waals surface area contributed by atoms with Crippen molar-refractivity contribution < 1.29 is 0 Å². The molecule has 0 radical (unpaired) electrons. The van der Waals surface area contributed by atoms with Gasteiger partial charge in [0.2, 0.25) is 0 Å². The fourth-order valence-corrected chi connectivity index (χ4v) is 1.58. The van der Waals surface area contributed by atoms with Gasteiger partial charge in [-0.1, -0.05) is 12.2 Å². The van der Waals surface area contributed by atoms with Crippen LogP contribution in [0.25, 0.3) is 5.65 Å². The summed E-state index contributed by atoms with van der Waals surface area (Å²) < 4.78 is 1.74. The summed E-state index contributed by atoms with van der Waals surface area (Å²) in [6.07, 6.45) is 0. The normalized spacial score (nSPS) is 10.7. The van der Waals surface area contributed by atoms with Gasteiger partial charge in [-0.2, -0.15) is 4.52 Å². The highest BCUT2D eigenvalue weighted by molar-refractivity contribution is 5.45. The molecule has 5 heteroatoms. The second-order valence-electron chi connectivity index (χ2n) is 4.02. The van der Waals surface area contributed by atoms with Crippen molar-refractivity contribution in [1.82, 2.24) is 19.8 Å². The molecule has 0 saturated carbocycles. The number of anilines is 1. The topological polar surface area (TPSA) is 46.3 Å². The van der Waals surface area contributed by atoms with Gasteiger partial charge in [-0.15, -0.1) is 15.3 Å². The Balaban J connectivity index is 2.38. The maximum absolute atomic E-state index is 4.46. The zero-order chi connectivity index (χ0) is 11.7. The molecular formula is C11H15N5. The van der Waals surface area contributed by atoms with Crippen molar-refractivity contribution in [2.24, 2.45) is 0 Å². The van der Waals surface area contributed by atoms with E-state index >= 15 is 0 Å². The SMILES string of the molecule is C=C(C)CN(C)c1ccc2nnc(C)n2n1. The number of fused-ring (bicyclic) bond motifs is 1. The molecule has 0 aliphatic carbocycles. The summed E-state index contributed by atoms with van der Waals surface area (Å²) in [5, 5.41) is 12.4. The van der Waals surface area contributed by atoms with E-state index in [1.165, 1.54) is 0 Å². The zero-order valence-corrected chi connectivity index (χ0v) is 9.80. The standard InChI is InChI=1S/C11H15N5/c1-8(2)7-15(4)11-6-5-10-13-12-9(3)16(10)14-11/h5-6H,1,7H2,2-4H3. The van der Waals surface area contributed by atoms with Gasteiger partial charge < -0.3 is 4.90 Å². The van der Waals surface area contributed by atoms with Crippen LogP contribution >= 0.6 is 0 Å². The number of aryl methyl sites for hydroxylation is 1. The van der Waals surface area contributed by atoms with Crippen molar-refractivity contribution in [2.75, 3.05) is 18.5 Å². The second-order valence-corrected chi connectivity index (χ2v) is 4.02. The Morgan fingerprint density at radius 2 is 2.19 bits per heavy atom. The number of hydrogen-bond acceptors (Lipinski definition) is 4. The molecule has 2 rings (SSSR count). The lowest BCUT2D eigenvalue weighted by Crippen LogP contribution is -2.21. The molecule has 2 aromatic rings. The van der Waals surface area contributed by atoms with E-state index in [4.69, 9.17) is 0 Å². The lowest BCUT2D eigenvalue weighted by atomic mass is 10.3. The average molecular weight is 217 g/mol. The monoisotopic (exact) mass is 217 g/mol. The van der Waals surface area contributed by atoms with E-state index in [-0.39, 0.29) is 0 Å². The molecule has 84 valence electrons. The Hall–Kier alpha value is -1.91. The maximum Gasteiger partial charge on any atom is 0.178 e. The van der Waals surface area contributed by atoms with Crippen LogP contribution in [0.2, 0.25) is 0 Å². The summed E-state index contributed by atoms with van der Waals surface area (Å²) >= 11 is 0. The Labute approximate surface area is 94.4 Å². The minimum atomic E-state index is 0.768. The Bertz CT molecular complexity index is 528. The van der Waals surface area contributed by atoms with Gasteiger partial charge >= 0.3 is 0 Å². The van der Waals surface area contributed by atoms with Gasteiger partial charge in [0.25, 0.3) is 0 Å². The Morgan fingerprint density at radius 1 is 1.44 bits per heavy atom. The molecule has 0 unspecified atom stereocenters. The van der Waals surface area contributed by atoms with Crippen LogP contribution in [-0.4, -0.2) is 33.4 Å². The van der Waals surface area contributed by atoms with Crippen LogP contribution in [0.4, 0.5) is 5.82 Å². The van der Waals surface area contributed by atoms with E-state index in [9.17, 15) is 0 Å². The van der Waals surface area contributed by atoms with Crippen LogP contribution in [-0.2, 0) is 0 Å². The number of likely N-dealkylation sites (N-methyl/N-ethyl adjacent to an activating group) is 1. The van der Waals surface area contributed by atoms with Crippen molar-refractivity contribution in [3.8, 4) is 0 Å². The molecule has 0 amide bonds. The zero-order valence-electron chi connectivity index (χ0n) is 9.80. The first kappa shape index (κ1) is 10.6. The van der Waals surface area contributed by atoms with Crippen LogP contribution in [0.1, 0.15) is 12.7 Å². The van der Waals surface area contributed by atoms with Gasteiger partial charge in [0.15, 0.2) is 11.5 Å². The fraction of sp³-hybridized carbons (Fsp3) is 0.364. The van der Waals surface area contributed by atoms with Gasteiger partial charge in [0.05, 0.1) is 0 Å². The summed E-state index contributed by atoms with van der Waals surface area (Å²) in [6, 6.07) is 3.85. The summed E-state index contributed by atoms with van der Waals surface area (Å²) in [7, 11) is 1.99. The highest BCUT2D eigenvalue weighted by atomic mass is 15.4. The van der Waals surface area contributed by atoms with E-state index in [0.29, 0.717) is 0 Å². The third-order valence-electron chi connectivity index (χ3n) is 2.30. The summed E-state index contributed by atoms with van der Waals surface area (Å²) in [4.78, 5) is 2.04. The van der Waals surface area contributed by atoms with E-state index in [1.807, 2.05) is 37.9 Å². The first-order chi connectivity index (χ1) is 7.58. The largest absolute Gasteiger partial charge is 0.354 e. The lowest BCUT2D eigenvalue weighted by molar-refractivity contribution is 0.838. The molecule has 0 bridgehead atoms. The predicted molar refractivity (Wildman–Crippen MR) is 63.6 cm³/mol. The third kappa shape index (κ3) is 1.88. The summed E-state index contributed by atoms with van der Waals surface area (Å²) in [6.45, 7) is 8.56. The number of aromatic nitrogens is 4. The Morgan fingerprint density at radius 3 is 2.88 bits per heavy atom. The van der Waals surface area contributed by atoms with Crippen LogP contribution < -0.4 is 4.90 Å². The van der Waals surface area contributed by atoms with Gasteiger partial charge in [0.1, 0.15) is 5.82 Å². The highest BCUT2D eigenvalue weighted by Crippen LogP contribution is 2.11. The maximum atomic E-state index is 4.46. The van der Waals surface area contributed by atoms with E-state index in [0.717, 1.165) is 29.4 Å². The first-order valence-corrected chi connectivity index (χ1v) is 5.12. The summed E-state index contributed by atoms with van der Waals surface area (Å²) in [5.41, 5.74) is 1.87. The molecule has 0 atom stereocenters. The van der Waals surface area contributed by atoms with E-state index in [1.54, 1.807) is 4.52 Å². The number of nitrogens with zero attached hydrogens (tertiary/aromatic N) is 5. The Kier molecular flexibility index (Phi) is 2.60. The van der Waals surface area contributed by atoms with Crippen LogP contribution in [0.15, 0.2) is 24.3 Å².